The molecule has 0 heterocycles. The molecule has 0 radical (unpaired) electrons. The van der Waals surface area contributed by atoms with E-state index < -0.39 is 28.5 Å². The molecule has 0 aromatic heterocycles. The molecule has 0 amide bonds. The minimum absolute atomic E-state index is 0.0175. The van der Waals surface area contributed by atoms with Gasteiger partial charge in [-0.1, -0.05) is 0 Å². The summed E-state index contributed by atoms with van der Waals surface area (Å²) in [5.74, 6) is -0.778. The summed E-state index contributed by atoms with van der Waals surface area (Å²) in [4.78, 5) is 10.7. The van der Waals surface area contributed by atoms with E-state index in [1.165, 1.54) is 25.3 Å². The number of hydrogen-bond acceptors (Lipinski definition) is 5. The highest BCUT2D eigenvalue weighted by Gasteiger charge is 2.22. The average molecular weight is 312 g/mol. The molecule has 8 heteroatoms. The second-order valence-electron chi connectivity index (χ2n) is 4.43. The van der Waals surface area contributed by atoms with Gasteiger partial charge in [0.25, 0.3) is 0 Å². The maximum atomic E-state index is 12.3. The number of carboxylic acids is 1. The minimum Gasteiger partial charge on any atom is -0.497 e. The van der Waals surface area contributed by atoms with Gasteiger partial charge in [-0.15, -0.1) is 0 Å². The van der Waals surface area contributed by atoms with Crippen molar-refractivity contribution in [1.29, 1.82) is 5.26 Å². The Labute approximate surface area is 123 Å². The van der Waals surface area contributed by atoms with Gasteiger partial charge in [0.15, 0.2) is 0 Å². The van der Waals surface area contributed by atoms with Crippen LogP contribution in [0.25, 0.3) is 0 Å². The number of ether oxygens (including phenoxy) is 1. The SMILES string of the molecule is COc1ccc(S(=O)(=O)NC(C)CC#N)c(CC(=O)O)c1. The number of nitrogens with zero attached hydrogens (tertiary/aromatic N) is 1. The van der Waals surface area contributed by atoms with Crippen LogP contribution in [0.3, 0.4) is 0 Å². The molecule has 0 saturated heterocycles. The summed E-state index contributed by atoms with van der Waals surface area (Å²) >= 11 is 0. The quantitative estimate of drug-likeness (QED) is 0.772. The molecule has 0 saturated carbocycles. The molecule has 0 bridgehead atoms. The number of benzene rings is 1. The predicted octanol–water partition coefficient (Wildman–Crippen LogP) is 0.903. The Hall–Kier alpha value is -2.11. The molecule has 1 unspecified atom stereocenters. The van der Waals surface area contributed by atoms with E-state index in [1.54, 1.807) is 6.92 Å². The van der Waals surface area contributed by atoms with Crippen LogP contribution in [0.15, 0.2) is 23.1 Å². The number of hydrogen-bond donors (Lipinski definition) is 2. The molecule has 0 spiro atoms. The van der Waals surface area contributed by atoms with E-state index in [0.29, 0.717) is 5.75 Å². The Kier molecular flexibility index (Phi) is 5.69. The smallest absolute Gasteiger partial charge is 0.307 e. The first-order valence-electron chi connectivity index (χ1n) is 6.08. The third-order valence-electron chi connectivity index (χ3n) is 2.65. The van der Waals surface area contributed by atoms with Gasteiger partial charge in [-0.3, -0.25) is 4.79 Å². The van der Waals surface area contributed by atoms with Crippen LogP contribution in [0.4, 0.5) is 0 Å². The molecule has 0 fully saturated rings. The number of rotatable bonds is 7. The summed E-state index contributed by atoms with van der Waals surface area (Å²) in [6.07, 6.45) is -0.427. The second kappa shape index (κ2) is 7.06. The van der Waals surface area contributed by atoms with Gasteiger partial charge < -0.3 is 9.84 Å². The lowest BCUT2D eigenvalue weighted by molar-refractivity contribution is -0.136. The lowest BCUT2D eigenvalue weighted by Gasteiger charge is -2.14. The van der Waals surface area contributed by atoms with Gasteiger partial charge in [0.05, 0.1) is 30.9 Å². The van der Waals surface area contributed by atoms with Crippen molar-refractivity contribution >= 4 is 16.0 Å². The van der Waals surface area contributed by atoms with Crippen molar-refractivity contribution in [3.8, 4) is 11.8 Å². The van der Waals surface area contributed by atoms with Crippen LogP contribution in [0.5, 0.6) is 5.75 Å². The Morgan fingerprint density at radius 1 is 1.52 bits per heavy atom. The van der Waals surface area contributed by atoms with Crippen molar-refractivity contribution < 1.29 is 23.1 Å². The summed E-state index contributed by atoms with van der Waals surface area (Å²) in [6.45, 7) is 1.56. The summed E-state index contributed by atoms with van der Waals surface area (Å²) in [7, 11) is -2.50. The molecule has 1 rings (SSSR count). The molecular weight excluding hydrogens is 296 g/mol. The minimum atomic E-state index is -3.90. The van der Waals surface area contributed by atoms with Crippen molar-refractivity contribution in [2.24, 2.45) is 0 Å². The first-order chi connectivity index (χ1) is 9.80. The van der Waals surface area contributed by atoms with Crippen molar-refractivity contribution in [3.05, 3.63) is 23.8 Å². The summed E-state index contributed by atoms with van der Waals surface area (Å²) in [6, 6.07) is 5.40. The van der Waals surface area contributed by atoms with Crippen molar-refractivity contribution in [2.75, 3.05) is 7.11 Å². The normalized spacial score (nSPS) is 12.4. The van der Waals surface area contributed by atoms with E-state index in [9.17, 15) is 13.2 Å². The third kappa shape index (κ3) is 4.73. The Bertz CT molecular complexity index is 664. The van der Waals surface area contributed by atoms with Crippen LogP contribution in [0.1, 0.15) is 18.9 Å². The topological polar surface area (TPSA) is 116 Å². The molecule has 2 N–H and O–H groups in total. The number of methoxy groups -OCH3 is 1. The van der Waals surface area contributed by atoms with Crippen LogP contribution in [-0.2, 0) is 21.2 Å². The zero-order valence-electron chi connectivity index (χ0n) is 11.7. The number of carboxylic acid groups (broad SMARTS) is 1. The molecule has 114 valence electrons. The molecule has 0 aliphatic carbocycles. The number of carbonyl (C=O) groups is 1. The van der Waals surface area contributed by atoms with Gasteiger partial charge in [-0.05, 0) is 30.7 Å². The summed E-state index contributed by atoms with van der Waals surface area (Å²) in [5.41, 5.74) is 0.124. The highest BCUT2D eigenvalue weighted by atomic mass is 32.2. The number of nitrogens with one attached hydrogen (secondary N) is 1. The van der Waals surface area contributed by atoms with Gasteiger partial charge in [0.2, 0.25) is 10.0 Å². The molecule has 1 atom stereocenters. The lowest BCUT2D eigenvalue weighted by Crippen LogP contribution is -2.33. The fourth-order valence-corrected chi connectivity index (χ4v) is 3.22. The first kappa shape index (κ1) is 16.9. The molecule has 1 aromatic rings. The van der Waals surface area contributed by atoms with Crippen LogP contribution >= 0.6 is 0 Å². The van der Waals surface area contributed by atoms with Crippen molar-refractivity contribution in [2.45, 2.75) is 30.7 Å². The van der Waals surface area contributed by atoms with Crippen molar-refractivity contribution in [1.82, 2.24) is 4.72 Å². The van der Waals surface area contributed by atoms with Crippen LogP contribution in [0.2, 0.25) is 0 Å². The zero-order chi connectivity index (χ0) is 16.0. The van der Waals surface area contributed by atoms with Gasteiger partial charge in [-0.2, -0.15) is 5.26 Å². The van der Waals surface area contributed by atoms with E-state index in [2.05, 4.69) is 4.72 Å². The van der Waals surface area contributed by atoms with Crippen LogP contribution in [-0.4, -0.2) is 32.6 Å². The monoisotopic (exact) mass is 312 g/mol. The molecule has 7 nitrogen and oxygen atoms in total. The van der Waals surface area contributed by atoms with E-state index in [-0.39, 0.29) is 16.9 Å². The zero-order valence-corrected chi connectivity index (χ0v) is 12.5. The van der Waals surface area contributed by atoms with Gasteiger partial charge >= 0.3 is 5.97 Å². The van der Waals surface area contributed by atoms with E-state index in [1.807, 2.05) is 6.07 Å². The van der Waals surface area contributed by atoms with Crippen LogP contribution in [0, 0.1) is 11.3 Å². The van der Waals surface area contributed by atoms with Gasteiger partial charge in [0, 0.05) is 6.04 Å². The maximum Gasteiger partial charge on any atom is 0.307 e. The van der Waals surface area contributed by atoms with Crippen LogP contribution < -0.4 is 9.46 Å². The predicted molar refractivity (Wildman–Crippen MR) is 74.3 cm³/mol. The van der Waals surface area contributed by atoms with E-state index in [0.717, 1.165) is 0 Å². The molecule has 1 aromatic carbocycles. The van der Waals surface area contributed by atoms with E-state index in [4.69, 9.17) is 15.1 Å². The molecule has 0 aliphatic heterocycles. The third-order valence-corrected chi connectivity index (χ3v) is 4.34. The lowest BCUT2D eigenvalue weighted by atomic mass is 10.1. The fourth-order valence-electron chi connectivity index (χ4n) is 1.75. The number of aliphatic carboxylic acids is 1. The average Bonchev–Trinajstić information content (AvgIpc) is 2.37. The Morgan fingerprint density at radius 2 is 2.19 bits per heavy atom. The molecule has 21 heavy (non-hydrogen) atoms. The highest BCUT2D eigenvalue weighted by molar-refractivity contribution is 7.89. The Morgan fingerprint density at radius 3 is 2.71 bits per heavy atom. The first-order valence-corrected chi connectivity index (χ1v) is 7.56. The Balaban J connectivity index is 3.21. The largest absolute Gasteiger partial charge is 0.497 e. The molecule has 0 aliphatic rings. The summed E-state index contributed by atoms with van der Waals surface area (Å²) < 4.78 is 31.8. The van der Waals surface area contributed by atoms with Crippen molar-refractivity contribution in [3.63, 3.8) is 0 Å². The number of sulfonamides is 1. The fraction of sp³-hybridized carbons (Fsp3) is 0.385. The summed E-state index contributed by atoms with van der Waals surface area (Å²) in [5, 5.41) is 17.5. The van der Waals surface area contributed by atoms with Gasteiger partial charge in [-0.25, -0.2) is 13.1 Å². The number of nitriles is 1. The van der Waals surface area contributed by atoms with Gasteiger partial charge in [0.1, 0.15) is 5.75 Å². The second-order valence-corrected chi connectivity index (χ2v) is 6.11. The highest BCUT2D eigenvalue weighted by Crippen LogP contribution is 2.22. The standard InChI is InChI=1S/C13H16N2O5S/c1-9(5-6-14)15-21(18,19)12-4-3-11(20-2)7-10(12)8-13(16)17/h3-4,7,9,15H,5,8H2,1-2H3,(H,16,17). The maximum absolute atomic E-state index is 12.3. The molecular formula is C13H16N2O5S. The van der Waals surface area contributed by atoms with E-state index >= 15 is 0 Å².